The van der Waals surface area contributed by atoms with E-state index in [2.05, 4.69) is 27.9 Å². The molecular formula is C10H13FINO. The molecule has 0 heterocycles. The Morgan fingerprint density at radius 1 is 1.50 bits per heavy atom. The molecule has 0 fully saturated rings. The van der Waals surface area contributed by atoms with Crippen LogP contribution in [0.3, 0.4) is 0 Å². The molecule has 0 saturated heterocycles. The lowest BCUT2D eigenvalue weighted by Gasteiger charge is -2.06. The quantitative estimate of drug-likeness (QED) is 0.512. The smallest absolute Gasteiger partial charge is 0.131 e. The summed E-state index contributed by atoms with van der Waals surface area (Å²) in [6.07, 6.45) is 0. The van der Waals surface area contributed by atoms with Crippen molar-refractivity contribution in [2.45, 2.75) is 6.54 Å². The van der Waals surface area contributed by atoms with E-state index in [-0.39, 0.29) is 5.82 Å². The zero-order chi connectivity index (χ0) is 10.4. The number of alkyl halides is 1. The van der Waals surface area contributed by atoms with Crippen molar-refractivity contribution in [3.63, 3.8) is 0 Å². The van der Waals surface area contributed by atoms with E-state index in [0.717, 1.165) is 11.0 Å². The van der Waals surface area contributed by atoms with E-state index in [1.54, 1.807) is 12.1 Å². The summed E-state index contributed by atoms with van der Waals surface area (Å²) in [4.78, 5) is 0. The number of hydrogen-bond acceptors (Lipinski definition) is 2. The van der Waals surface area contributed by atoms with Crippen LogP contribution in [0, 0.1) is 5.82 Å². The Hall–Kier alpha value is -0.360. The summed E-state index contributed by atoms with van der Waals surface area (Å²) in [7, 11) is 1.53. The summed E-state index contributed by atoms with van der Waals surface area (Å²) < 4.78 is 19.3. The van der Waals surface area contributed by atoms with Crippen LogP contribution in [0.4, 0.5) is 4.39 Å². The second-order valence-electron chi connectivity index (χ2n) is 2.82. The Bertz CT molecular complexity index is 293. The average molecular weight is 309 g/mol. The standard InChI is InChI=1S/C10H13FINO/c1-14-9-3-2-8(10(11)6-9)7-13-5-4-12/h2-3,6,13H,4-5,7H2,1H3. The minimum Gasteiger partial charge on any atom is -0.497 e. The maximum Gasteiger partial charge on any atom is 0.131 e. The van der Waals surface area contributed by atoms with Gasteiger partial charge >= 0.3 is 0 Å². The highest BCUT2D eigenvalue weighted by Gasteiger charge is 2.02. The maximum absolute atomic E-state index is 13.3. The lowest BCUT2D eigenvalue weighted by molar-refractivity contribution is 0.410. The molecule has 0 aromatic heterocycles. The Morgan fingerprint density at radius 3 is 2.86 bits per heavy atom. The molecule has 0 unspecified atom stereocenters. The molecule has 0 aliphatic carbocycles. The van der Waals surface area contributed by atoms with Crippen LogP contribution >= 0.6 is 22.6 Å². The first-order valence-corrected chi connectivity index (χ1v) is 5.89. The van der Waals surface area contributed by atoms with Crippen molar-refractivity contribution < 1.29 is 9.13 Å². The van der Waals surface area contributed by atoms with E-state index in [1.807, 2.05) is 0 Å². The van der Waals surface area contributed by atoms with Gasteiger partial charge in [0.2, 0.25) is 0 Å². The van der Waals surface area contributed by atoms with Gasteiger partial charge in [-0.05, 0) is 6.07 Å². The molecule has 0 bridgehead atoms. The molecule has 1 rings (SSSR count). The number of methoxy groups -OCH3 is 1. The number of hydrogen-bond donors (Lipinski definition) is 1. The molecule has 78 valence electrons. The van der Waals surface area contributed by atoms with Crippen molar-refractivity contribution in [2.24, 2.45) is 0 Å². The summed E-state index contributed by atoms with van der Waals surface area (Å²) in [6, 6.07) is 4.92. The summed E-state index contributed by atoms with van der Waals surface area (Å²) in [5.74, 6) is 0.338. The third kappa shape index (κ3) is 3.42. The molecule has 14 heavy (non-hydrogen) atoms. The van der Waals surface area contributed by atoms with E-state index in [0.29, 0.717) is 17.9 Å². The highest BCUT2D eigenvalue weighted by atomic mass is 127. The third-order valence-electron chi connectivity index (χ3n) is 1.85. The molecule has 2 nitrogen and oxygen atoms in total. The summed E-state index contributed by atoms with van der Waals surface area (Å²) in [6.45, 7) is 1.46. The van der Waals surface area contributed by atoms with Crippen molar-refractivity contribution in [2.75, 3.05) is 18.1 Å². The molecular weight excluding hydrogens is 296 g/mol. The molecule has 0 radical (unpaired) electrons. The fourth-order valence-corrected chi connectivity index (χ4v) is 1.47. The normalized spacial score (nSPS) is 10.2. The fourth-order valence-electron chi connectivity index (χ4n) is 1.09. The van der Waals surface area contributed by atoms with Crippen molar-refractivity contribution >= 4 is 22.6 Å². The highest BCUT2D eigenvalue weighted by Crippen LogP contribution is 2.15. The summed E-state index contributed by atoms with van der Waals surface area (Å²) >= 11 is 2.27. The van der Waals surface area contributed by atoms with Crippen molar-refractivity contribution in [3.05, 3.63) is 29.6 Å². The van der Waals surface area contributed by atoms with Gasteiger partial charge in [-0.15, -0.1) is 0 Å². The van der Waals surface area contributed by atoms with Crippen LogP contribution in [-0.2, 0) is 6.54 Å². The van der Waals surface area contributed by atoms with Gasteiger partial charge in [0.25, 0.3) is 0 Å². The van der Waals surface area contributed by atoms with Gasteiger partial charge in [-0.2, -0.15) is 0 Å². The molecule has 1 aromatic rings. The molecule has 1 aromatic carbocycles. The maximum atomic E-state index is 13.3. The van der Waals surface area contributed by atoms with Crippen molar-refractivity contribution in [3.8, 4) is 5.75 Å². The first-order valence-electron chi connectivity index (χ1n) is 4.37. The molecule has 0 aliphatic rings. The molecule has 0 atom stereocenters. The molecule has 0 saturated carbocycles. The summed E-state index contributed by atoms with van der Waals surface area (Å²) in [5.41, 5.74) is 0.677. The van der Waals surface area contributed by atoms with Crippen LogP contribution in [0.25, 0.3) is 0 Å². The minimum absolute atomic E-state index is 0.217. The van der Waals surface area contributed by atoms with Crippen LogP contribution in [0.2, 0.25) is 0 Å². The molecule has 0 aliphatic heterocycles. The Morgan fingerprint density at radius 2 is 2.29 bits per heavy atom. The molecule has 0 spiro atoms. The Balaban J connectivity index is 2.59. The lowest BCUT2D eigenvalue weighted by atomic mass is 10.2. The zero-order valence-electron chi connectivity index (χ0n) is 8.02. The Labute approximate surface area is 97.0 Å². The van der Waals surface area contributed by atoms with Crippen LogP contribution in [0.1, 0.15) is 5.56 Å². The van der Waals surface area contributed by atoms with Gasteiger partial charge in [0, 0.05) is 29.1 Å². The van der Waals surface area contributed by atoms with E-state index in [9.17, 15) is 4.39 Å². The van der Waals surface area contributed by atoms with Crippen molar-refractivity contribution in [1.29, 1.82) is 0 Å². The topological polar surface area (TPSA) is 21.3 Å². The number of ether oxygens (including phenoxy) is 1. The van der Waals surface area contributed by atoms with Gasteiger partial charge in [0.1, 0.15) is 11.6 Å². The number of halogens is 2. The summed E-state index contributed by atoms with van der Waals surface area (Å²) in [5, 5.41) is 3.14. The first kappa shape index (κ1) is 11.7. The molecule has 4 heteroatoms. The van der Waals surface area contributed by atoms with Gasteiger partial charge < -0.3 is 10.1 Å². The zero-order valence-corrected chi connectivity index (χ0v) is 10.2. The van der Waals surface area contributed by atoms with Gasteiger partial charge in [-0.1, -0.05) is 28.7 Å². The van der Waals surface area contributed by atoms with Gasteiger partial charge in [0.15, 0.2) is 0 Å². The number of benzene rings is 1. The van der Waals surface area contributed by atoms with E-state index >= 15 is 0 Å². The number of rotatable bonds is 5. The fraction of sp³-hybridized carbons (Fsp3) is 0.400. The highest BCUT2D eigenvalue weighted by molar-refractivity contribution is 14.1. The van der Waals surface area contributed by atoms with Gasteiger partial charge in [-0.25, -0.2) is 4.39 Å². The largest absolute Gasteiger partial charge is 0.497 e. The predicted molar refractivity (Wildman–Crippen MR) is 63.5 cm³/mol. The van der Waals surface area contributed by atoms with Gasteiger partial charge in [-0.3, -0.25) is 0 Å². The lowest BCUT2D eigenvalue weighted by Crippen LogP contribution is -2.16. The SMILES string of the molecule is COc1ccc(CNCCI)c(F)c1. The van der Waals surface area contributed by atoms with E-state index < -0.39 is 0 Å². The first-order chi connectivity index (χ1) is 6.77. The Kier molecular flexibility index (Phi) is 5.17. The van der Waals surface area contributed by atoms with Crippen LogP contribution in [0.5, 0.6) is 5.75 Å². The monoisotopic (exact) mass is 309 g/mol. The van der Waals surface area contributed by atoms with E-state index in [4.69, 9.17) is 4.74 Å². The second kappa shape index (κ2) is 6.19. The van der Waals surface area contributed by atoms with Crippen LogP contribution in [0.15, 0.2) is 18.2 Å². The number of nitrogens with one attached hydrogen (secondary N) is 1. The minimum atomic E-state index is -0.217. The van der Waals surface area contributed by atoms with Gasteiger partial charge in [0.05, 0.1) is 7.11 Å². The predicted octanol–water partition coefficient (Wildman–Crippen LogP) is 2.36. The van der Waals surface area contributed by atoms with Crippen LogP contribution in [-0.4, -0.2) is 18.1 Å². The molecule has 0 amide bonds. The third-order valence-corrected chi connectivity index (χ3v) is 2.39. The van der Waals surface area contributed by atoms with E-state index in [1.165, 1.54) is 13.2 Å². The average Bonchev–Trinajstić information content (AvgIpc) is 2.20. The van der Waals surface area contributed by atoms with Crippen LogP contribution < -0.4 is 10.1 Å². The second-order valence-corrected chi connectivity index (χ2v) is 3.90. The molecule has 1 N–H and O–H groups in total. The van der Waals surface area contributed by atoms with Crippen molar-refractivity contribution in [1.82, 2.24) is 5.32 Å².